The summed E-state index contributed by atoms with van der Waals surface area (Å²) in [5.41, 5.74) is 0.295. The lowest BCUT2D eigenvalue weighted by molar-refractivity contribution is -0.139. The zero-order valence-electron chi connectivity index (χ0n) is 22.1. The Morgan fingerprint density at radius 2 is 1.64 bits per heavy atom. The number of carbonyl (C=O) groups excluding carboxylic acids is 2. The van der Waals surface area contributed by atoms with Crippen LogP contribution in [0.1, 0.15) is 26.3 Å². The van der Waals surface area contributed by atoms with E-state index in [1.54, 1.807) is 38.1 Å². The maximum atomic E-state index is 14.6. The molecule has 0 heterocycles. The highest BCUT2D eigenvalue weighted by Gasteiger charge is 2.33. The Kier molecular flexibility index (Phi) is 9.93. The van der Waals surface area contributed by atoms with Crippen LogP contribution in [0.25, 0.3) is 0 Å². The normalized spacial score (nSPS) is 12.1. The standard InChI is InChI=1S/C28H31ClFN3O5S/c1-19(2)31-28(35)20(3)32(17-21-10-8-9-13-25(21)30)27(34)18-33(22-14-15-26(38-4)24(29)16-22)39(36,37)23-11-6-5-7-12-23/h5-16,19-20H,17-18H2,1-4H3,(H,31,35). The van der Waals surface area contributed by atoms with Gasteiger partial charge in [-0.05, 0) is 57.2 Å². The van der Waals surface area contributed by atoms with E-state index >= 15 is 0 Å². The first-order valence-corrected chi connectivity index (χ1v) is 14.0. The summed E-state index contributed by atoms with van der Waals surface area (Å²) >= 11 is 6.30. The maximum absolute atomic E-state index is 14.6. The van der Waals surface area contributed by atoms with Gasteiger partial charge in [-0.15, -0.1) is 0 Å². The molecule has 0 spiro atoms. The SMILES string of the molecule is COc1ccc(N(CC(=O)N(Cc2ccccc2F)C(C)C(=O)NC(C)C)S(=O)(=O)c2ccccc2)cc1Cl. The Morgan fingerprint density at radius 1 is 1.00 bits per heavy atom. The Labute approximate surface area is 233 Å². The van der Waals surface area contributed by atoms with Crippen LogP contribution in [0.5, 0.6) is 5.75 Å². The first-order valence-electron chi connectivity index (χ1n) is 12.2. The number of hydrogen-bond donors (Lipinski definition) is 1. The Morgan fingerprint density at radius 3 is 2.23 bits per heavy atom. The molecule has 1 unspecified atom stereocenters. The molecule has 0 aliphatic heterocycles. The summed E-state index contributed by atoms with van der Waals surface area (Å²) in [5.74, 6) is -1.40. The van der Waals surface area contributed by atoms with Crippen molar-refractivity contribution in [1.29, 1.82) is 0 Å². The van der Waals surface area contributed by atoms with Crippen LogP contribution in [0.2, 0.25) is 5.02 Å². The predicted octanol–water partition coefficient (Wildman–Crippen LogP) is 4.62. The van der Waals surface area contributed by atoms with Crippen molar-refractivity contribution in [3.63, 3.8) is 0 Å². The summed E-state index contributed by atoms with van der Waals surface area (Å²) in [6.45, 7) is 4.13. The van der Waals surface area contributed by atoms with Gasteiger partial charge < -0.3 is 15.0 Å². The molecule has 0 bridgehead atoms. The first-order chi connectivity index (χ1) is 18.4. The van der Waals surface area contributed by atoms with Crippen molar-refractivity contribution in [2.45, 2.75) is 44.3 Å². The van der Waals surface area contributed by atoms with Crippen molar-refractivity contribution < 1.29 is 27.1 Å². The van der Waals surface area contributed by atoms with Crippen LogP contribution in [0.3, 0.4) is 0 Å². The lowest BCUT2D eigenvalue weighted by Crippen LogP contribution is -2.52. The van der Waals surface area contributed by atoms with E-state index in [0.717, 1.165) is 9.21 Å². The molecule has 8 nitrogen and oxygen atoms in total. The Balaban J connectivity index is 2.07. The van der Waals surface area contributed by atoms with Crippen LogP contribution in [0, 0.1) is 5.82 Å². The number of rotatable bonds is 11. The first kappa shape index (κ1) is 29.9. The van der Waals surface area contributed by atoms with Crippen molar-refractivity contribution in [3.8, 4) is 5.75 Å². The fourth-order valence-corrected chi connectivity index (χ4v) is 5.54. The Bertz CT molecular complexity index is 1420. The third-order valence-corrected chi connectivity index (χ3v) is 8.01. The van der Waals surface area contributed by atoms with E-state index in [1.807, 2.05) is 0 Å². The third-order valence-electron chi connectivity index (χ3n) is 5.93. The van der Waals surface area contributed by atoms with Gasteiger partial charge >= 0.3 is 0 Å². The number of carbonyl (C=O) groups is 2. The minimum Gasteiger partial charge on any atom is -0.495 e. The highest BCUT2D eigenvalue weighted by Crippen LogP contribution is 2.32. The minimum absolute atomic E-state index is 0.0454. The van der Waals surface area contributed by atoms with E-state index in [1.165, 1.54) is 62.6 Å². The molecule has 1 N–H and O–H groups in total. The van der Waals surface area contributed by atoms with Crippen LogP contribution in [0.4, 0.5) is 10.1 Å². The molecule has 3 aromatic rings. The summed E-state index contributed by atoms with van der Waals surface area (Å²) in [6.07, 6.45) is 0. The smallest absolute Gasteiger partial charge is 0.264 e. The number of amides is 2. The quantitative estimate of drug-likeness (QED) is 0.360. The number of hydrogen-bond acceptors (Lipinski definition) is 5. The topological polar surface area (TPSA) is 96.0 Å². The molecule has 0 aliphatic rings. The molecule has 208 valence electrons. The molecule has 3 aromatic carbocycles. The van der Waals surface area contributed by atoms with Crippen molar-refractivity contribution in [3.05, 3.63) is 89.2 Å². The molecule has 1 atom stereocenters. The van der Waals surface area contributed by atoms with Gasteiger partial charge in [0.1, 0.15) is 24.2 Å². The van der Waals surface area contributed by atoms with Gasteiger partial charge in [-0.1, -0.05) is 48.0 Å². The van der Waals surface area contributed by atoms with Gasteiger partial charge in [-0.25, -0.2) is 12.8 Å². The molecular formula is C28H31ClFN3O5S. The zero-order valence-corrected chi connectivity index (χ0v) is 23.7. The van der Waals surface area contributed by atoms with Gasteiger partial charge in [0.15, 0.2) is 0 Å². The molecule has 3 rings (SSSR count). The van der Waals surface area contributed by atoms with E-state index in [-0.39, 0.29) is 33.8 Å². The largest absolute Gasteiger partial charge is 0.495 e. The van der Waals surface area contributed by atoms with Gasteiger partial charge in [0.25, 0.3) is 10.0 Å². The molecule has 11 heteroatoms. The van der Waals surface area contributed by atoms with Crippen molar-refractivity contribution >= 4 is 39.1 Å². The summed E-state index contributed by atoms with van der Waals surface area (Å²) in [7, 11) is -2.83. The summed E-state index contributed by atoms with van der Waals surface area (Å²) in [6, 6.07) is 16.6. The molecule has 0 saturated heterocycles. The van der Waals surface area contributed by atoms with Crippen molar-refractivity contribution in [2.75, 3.05) is 18.0 Å². The van der Waals surface area contributed by atoms with Crippen molar-refractivity contribution in [2.24, 2.45) is 0 Å². The summed E-state index contributed by atoms with van der Waals surface area (Å²) in [5, 5.41) is 2.89. The lowest BCUT2D eigenvalue weighted by atomic mass is 10.1. The van der Waals surface area contributed by atoms with Gasteiger partial charge in [0.05, 0.1) is 22.7 Å². The summed E-state index contributed by atoms with van der Waals surface area (Å²) < 4.78 is 48.2. The average molecular weight is 576 g/mol. The van der Waals surface area contributed by atoms with E-state index in [9.17, 15) is 22.4 Å². The maximum Gasteiger partial charge on any atom is 0.264 e. The molecule has 2 amide bonds. The number of nitrogens with one attached hydrogen (secondary N) is 1. The molecule has 0 aromatic heterocycles. The zero-order chi connectivity index (χ0) is 28.7. The number of ether oxygens (including phenoxy) is 1. The van der Waals surface area contributed by atoms with Crippen LogP contribution in [0.15, 0.2) is 77.7 Å². The number of anilines is 1. The van der Waals surface area contributed by atoms with E-state index < -0.39 is 40.2 Å². The van der Waals surface area contributed by atoms with E-state index in [0.29, 0.717) is 5.75 Å². The minimum atomic E-state index is -4.25. The number of halogens is 2. The average Bonchev–Trinajstić information content (AvgIpc) is 2.90. The number of nitrogens with zero attached hydrogens (tertiary/aromatic N) is 2. The molecular weight excluding hydrogens is 545 g/mol. The lowest BCUT2D eigenvalue weighted by Gasteiger charge is -2.32. The number of methoxy groups -OCH3 is 1. The number of benzene rings is 3. The fraction of sp³-hybridized carbons (Fsp3) is 0.286. The van der Waals surface area contributed by atoms with Crippen LogP contribution < -0.4 is 14.4 Å². The summed E-state index contributed by atoms with van der Waals surface area (Å²) in [4.78, 5) is 27.8. The second kappa shape index (κ2) is 12.9. The number of sulfonamides is 1. The monoisotopic (exact) mass is 575 g/mol. The highest BCUT2D eigenvalue weighted by atomic mass is 35.5. The van der Waals surface area contributed by atoms with Crippen LogP contribution in [-0.4, -0.2) is 50.9 Å². The van der Waals surface area contributed by atoms with Crippen LogP contribution >= 0.6 is 11.6 Å². The molecule has 39 heavy (non-hydrogen) atoms. The second-order valence-corrected chi connectivity index (χ2v) is 11.4. The molecule has 0 fully saturated rings. The molecule has 0 aliphatic carbocycles. The van der Waals surface area contributed by atoms with Crippen LogP contribution in [-0.2, 0) is 26.2 Å². The fourth-order valence-electron chi connectivity index (χ4n) is 3.86. The van der Waals surface area contributed by atoms with E-state index in [2.05, 4.69) is 5.32 Å². The molecule has 0 saturated carbocycles. The predicted molar refractivity (Wildman–Crippen MR) is 149 cm³/mol. The van der Waals surface area contributed by atoms with Gasteiger partial charge in [0.2, 0.25) is 11.8 Å². The Hall–Kier alpha value is -3.63. The van der Waals surface area contributed by atoms with Gasteiger partial charge in [-0.3, -0.25) is 13.9 Å². The third kappa shape index (κ3) is 7.27. The van der Waals surface area contributed by atoms with E-state index in [4.69, 9.17) is 16.3 Å². The van der Waals surface area contributed by atoms with Gasteiger partial charge in [0, 0.05) is 18.2 Å². The highest BCUT2D eigenvalue weighted by molar-refractivity contribution is 7.92. The second-order valence-electron chi connectivity index (χ2n) is 9.10. The molecule has 0 radical (unpaired) electrons. The van der Waals surface area contributed by atoms with Crippen molar-refractivity contribution in [1.82, 2.24) is 10.2 Å². The van der Waals surface area contributed by atoms with Gasteiger partial charge in [-0.2, -0.15) is 0 Å².